The maximum absolute atomic E-state index is 11.8. The van der Waals surface area contributed by atoms with Gasteiger partial charge in [0.25, 0.3) is 0 Å². The summed E-state index contributed by atoms with van der Waals surface area (Å²) >= 11 is 1.17. The SMILES string of the molecule is Cc1ccc2nc(-c3ccc(N=Nc4c(C)nn(-c5ccccc5)c4N)cc3)sc2c1S(=O)(=O)[O-]. The lowest BCUT2D eigenvalue weighted by Crippen LogP contribution is -2.01. The van der Waals surface area contributed by atoms with E-state index in [-0.39, 0.29) is 4.90 Å². The van der Waals surface area contributed by atoms with E-state index in [2.05, 4.69) is 20.3 Å². The largest absolute Gasteiger partial charge is 0.744 e. The van der Waals surface area contributed by atoms with Crippen molar-refractivity contribution < 1.29 is 13.0 Å². The number of aryl methyl sites for hydroxylation is 2. The number of nitrogens with zero attached hydrogens (tertiary/aromatic N) is 5. The Morgan fingerprint density at radius 3 is 2.37 bits per heavy atom. The van der Waals surface area contributed by atoms with Crippen LogP contribution in [-0.2, 0) is 10.1 Å². The number of para-hydroxylation sites is 1. The first-order valence-electron chi connectivity index (χ1n) is 10.5. The van der Waals surface area contributed by atoms with E-state index in [0.717, 1.165) is 11.3 Å². The molecule has 3 aromatic carbocycles. The molecule has 5 rings (SSSR count). The van der Waals surface area contributed by atoms with Gasteiger partial charge in [-0.15, -0.1) is 16.5 Å². The lowest BCUT2D eigenvalue weighted by molar-refractivity contribution is 0.463. The van der Waals surface area contributed by atoms with Gasteiger partial charge in [0.15, 0.2) is 11.5 Å². The summed E-state index contributed by atoms with van der Waals surface area (Å²) in [6, 6.07) is 20.0. The average molecular weight is 504 g/mol. The Morgan fingerprint density at radius 2 is 1.69 bits per heavy atom. The Balaban J connectivity index is 1.44. The number of fused-ring (bicyclic) bond motifs is 1. The quantitative estimate of drug-likeness (QED) is 0.242. The number of azo groups is 1. The van der Waals surface area contributed by atoms with Gasteiger partial charge in [-0.1, -0.05) is 24.3 Å². The monoisotopic (exact) mass is 503 g/mol. The van der Waals surface area contributed by atoms with Crippen LogP contribution in [0.3, 0.4) is 0 Å². The molecule has 0 atom stereocenters. The van der Waals surface area contributed by atoms with Crippen molar-refractivity contribution >= 4 is 48.9 Å². The number of rotatable bonds is 5. The molecule has 0 saturated carbocycles. The Labute approximate surface area is 205 Å². The zero-order valence-electron chi connectivity index (χ0n) is 18.7. The summed E-state index contributed by atoms with van der Waals surface area (Å²) < 4.78 is 37.3. The van der Waals surface area contributed by atoms with E-state index in [1.807, 2.05) is 49.4 Å². The van der Waals surface area contributed by atoms with Crippen molar-refractivity contribution in [2.45, 2.75) is 18.7 Å². The Morgan fingerprint density at radius 1 is 0.971 bits per heavy atom. The highest BCUT2D eigenvalue weighted by molar-refractivity contribution is 7.86. The van der Waals surface area contributed by atoms with Gasteiger partial charge in [-0.3, -0.25) is 0 Å². The zero-order chi connectivity index (χ0) is 24.7. The Kier molecular flexibility index (Phi) is 5.67. The molecule has 0 saturated heterocycles. The molecule has 5 aromatic rings. The van der Waals surface area contributed by atoms with E-state index in [9.17, 15) is 13.0 Å². The average Bonchev–Trinajstić information content (AvgIpc) is 3.38. The Bertz CT molecular complexity index is 1690. The lowest BCUT2D eigenvalue weighted by atomic mass is 10.2. The van der Waals surface area contributed by atoms with E-state index in [1.54, 1.807) is 35.9 Å². The first-order chi connectivity index (χ1) is 16.7. The third-order valence-electron chi connectivity index (χ3n) is 5.40. The predicted octanol–water partition coefficient (Wildman–Crippen LogP) is 5.67. The van der Waals surface area contributed by atoms with Crippen LogP contribution in [0.15, 0.2) is 81.9 Å². The third-order valence-corrected chi connectivity index (χ3v) is 7.70. The summed E-state index contributed by atoms with van der Waals surface area (Å²) in [6.07, 6.45) is 0. The molecule has 11 heteroatoms. The van der Waals surface area contributed by atoms with Crippen molar-refractivity contribution in [1.82, 2.24) is 14.8 Å². The number of nitrogens with two attached hydrogens (primary N) is 1. The molecule has 2 N–H and O–H groups in total. The number of anilines is 1. The number of hydrogen-bond donors (Lipinski definition) is 1. The number of hydrogen-bond acceptors (Lipinski definition) is 9. The summed E-state index contributed by atoms with van der Waals surface area (Å²) in [4.78, 5) is 4.30. The standard InChI is InChI=1S/C24H20N6O3S2/c1-14-8-13-19-21(22(14)35(31,32)33)34-24(26-19)16-9-11-17(12-10-16)27-28-20-15(2)29-30(23(20)25)18-6-4-3-5-7-18/h3-13H,25H2,1-2H3,(H,31,32,33)/p-1. The van der Waals surface area contributed by atoms with E-state index in [0.29, 0.717) is 43.7 Å². The van der Waals surface area contributed by atoms with E-state index >= 15 is 0 Å². The minimum absolute atomic E-state index is 0.215. The maximum Gasteiger partial charge on any atom is 0.155 e. The van der Waals surface area contributed by atoms with Crippen LogP contribution in [0.5, 0.6) is 0 Å². The molecule has 0 spiro atoms. The maximum atomic E-state index is 11.8. The second-order valence-electron chi connectivity index (χ2n) is 7.85. The summed E-state index contributed by atoms with van der Waals surface area (Å²) in [7, 11) is -4.62. The van der Waals surface area contributed by atoms with Crippen LogP contribution in [0.4, 0.5) is 17.2 Å². The molecule has 0 aliphatic carbocycles. The van der Waals surface area contributed by atoms with Crippen LogP contribution < -0.4 is 5.73 Å². The second-order valence-corrected chi connectivity index (χ2v) is 10.2. The fraction of sp³-hybridized carbons (Fsp3) is 0.0833. The summed E-state index contributed by atoms with van der Waals surface area (Å²) in [5, 5.41) is 13.7. The Hall–Kier alpha value is -3.93. The van der Waals surface area contributed by atoms with Crippen LogP contribution in [0.2, 0.25) is 0 Å². The van der Waals surface area contributed by atoms with Gasteiger partial charge in [0.05, 0.1) is 32.2 Å². The minimum atomic E-state index is -4.62. The number of aromatic nitrogens is 3. The molecule has 0 amide bonds. The summed E-state index contributed by atoms with van der Waals surface area (Å²) in [5.74, 6) is 0.392. The topological polar surface area (TPSA) is 139 Å². The first-order valence-corrected chi connectivity index (χ1v) is 12.7. The molecule has 0 aliphatic rings. The van der Waals surface area contributed by atoms with Gasteiger partial charge in [0, 0.05) is 5.56 Å². The van der Waals surface area contributed by atoms with E-state index < -0.39 is 10.1 Å². The third kappa shape index (κ3) is 4.32. The normalized spacial score (nSPS) is 12.1. The van der Waals surface area contributed by atoms with Gasteiger partial charge in [0.2, 0.25) is 0 Å². The van der Waals surface area contributed by atoms with Crippen LogP contribution >= 0.6 is 11.3 Å². The molecule has 0 aliphatic heterocycles. The molecule has 9 nitrogen and oxygen atoms in total. The van der Waals surface area contributed by atoms with Crippen molar-refractivity contribution in [3.63, 3.8) is 0 Å². The highest BCUT2D eigenvalue weighted by atomic mass is 32.2. The molecule has 0 fully saturated rings. The van der Waals surface area contributed by atoms with Crippen LogP contribution in [-0.4, -0.2) is 27.7 Å². The van der Waals surface area contributed by atoms with Gasteiger partial charge < -0.3 is 10.3 Å². The van der Waals surface area contributed by atoms with Crippen LogP contribution in [0.25, 0.3) is 26.5 Å². The number of thiazole rings is 1. The van der Waals surface area contributed by atoms with Crippen LogP contribution in [0, 0.1) is 13.8 Å². The number of nitrogen functional groups attached to an aromatic ring is 1. The molecule has 0 radical (unpaired) electrons. The van der Waals surface area contributed by atoms with Crippen molar-refractivity contribution in [2.75, 3.05) is 5.73 Å². The lowest BCUT2D eigenvalue weighted by Gasteiger charge is -2.10. The van der Waals surface area contributed by atoms with E-state index in [1.165, 1.54) is 11.3 Å². The molecule has 2 aromatic heterocycles. The summed E-state index contributed by atoms with van der Waals surface area (Å²) in [5.41, 5.74) is 10.5. The van der Waals surface area contributed by atoms with Crippen molar-refractivity contribution in [1.29, 1.82) is 0 Å². The molecular weight excluding hydrogens is 484 g/mol. The smallest absolute Gasteiger partial charge is 0.155 e. The highest BCUT2D eigenvalue weighted by Crippen LogP contribution is 2.36. The molecule has 0 unspecified atom stereocenters. The van der Waals surface area contributed by atoms with Crippen molar-refractivity contribution in [3.8, 4) is 16.3 Å². The molecule has 0 bridgehead atoms. The highest BCUT2D eigenvalue weighted by Gasteiger charge is 2.16. The van der Waals surface area contributed by atoms with Crippen molar-refractivity contribution in [2.24, 2.45) is 10.2 Å². The fourth-order valence-corrected chi connectivity index (χ4v) is 5.99. The molecule has 176 valence electrons. The molecule has 35 heavy (non-hydrogen) atoms. The van der Waals surface area contributed by atoms with Gasteiger partial charge in [0.1, 0.15) is 15.1 Å². The zero-order valence-corrected chi connectivity index (χ0v) is 20.3. The molecule has 2 heterocycles. The van der Waals surface area contributed by atoms with Gasteiger partial charge >= 0.3 is 0 Å². The van der Waals surface area contributed by atoms with Crippen LogP contribution in [0.1, 0.15) is 11.3 Å². The van der Waals surface area contributed by atoms with Gasteiger partial charge in [-0.05, 0) is 61.9 Å². The van der Waals surface area contributed by atoms with Gasteiger partial charge in [-0.25, -0.2) is 18.1 Å². The minimum Gasteiger partial charge on any atom is -0.744 e. The predicted molar refractivity (Wildman–Crippen MR) is 135 cm³/mol. The first kappa shape index (κ1) is 22.8. The van der Waals surface area contributed by atoms with Gasteiger partial charge in [-0.2, -0.15) is 10.2 Å². The summed E-state index contributed by atoms with van der Waals surface area (Å²) in [6.45, 7) is 3.42. The van der Waals surface area contributed by atoms with Crippen molar-refractivity contribution in [3.05, 3.63) is 78.0 Å². The number of benzene rings is 3. The second kappa shape index (κ2) is 8.69. The fourth-order valence-electron chi connectivity index (χ4n) is 3.71. The van der Waals surface area contributed by atoms with E-state index in [4.69, 9.17) is 5.73 Å². The molecular formula is C24H19N6O3S2-.